The molecule has 1 heteroatoms. The summed E-state index contributed by atoms with van der Waals surface area (Å²) in [4.78, 5) is 4.78. The smallest absolute Gasteiger partial charge is 0.0707 e. The summed E-state index contributed by atoms with van der Waals surface area (Å²) in [6, 6.07) is 7.57. The first-order valence-corrected chi connectivity index (χ1v) is 8.96. The van der Waals surface area contributed by atoms with Gasteiger partial charge in [0.15, 0.2) is 0 Å². The van der Waals surface area contributed by atoms with Crippen molar-refractivity contribution >= 4 is 0 Å². The Kier molecular flexibility index (Phi) is 4.10. The molecular weight excluding hydrogens is 290 g/mol. The highest BCUT2D eigenvalue weighted by Gasteiger charge is 2.29. The summed E-state index contributed by atoms with van der Waals surface area (Å²) in [7, 11) is 0. The van der Waals surface area contributed by atoms with E-state index in [0.29, 0.717) is 5.56 Å². The fourth-order valence-electron chi connectivity index (χ4n) is 3.03. The van der Waals surface area contributed by atoms with Crippen molar-refractivity contribution in [3.05, 3.63) is 52.7 Å². The van der Waals surface area contributed by atoms with Crippen LogP contribution in [0.2, 0.25) is 0 Å². The highest BCUT2D eigenvalue weighted by molar-refractivity contribution is 5.65. The highest BCUT2D eigenvalue weighted by atomic mass is 14.7. The largest absolute Gasteiger partial charge is 0.256 e. The van der Waals surface area contributed by atoms with E-state index in [1.807, 2.05) is 19.2 Å². The van der Waals surface area contributed by atoms with E-state index in [-0.39, 0.29) is 10.8 Å². The van der Waals surface area contributed by atoms with Gasteiger partial charge in [0.2, 0.25) is 0 Å². The number of nitrogens with zero attached hydrogens (tertiary/aromatic N) is 1. The molecule has 0 aliphatic rings. The number of benzene rings is 1. The number of pyridine rings is 1. The van der Waals surface area contributed by atoms with E-state index in [2.05, 4.69) is 47.6 Å². The van der Waals surface area contributed by atoms with Gasteiger partial charge in [0.1, 0.15) is 0 Å². The molecule has 0 unspecified atom stereocenters. The molecule has 1 nitrogen and oxygen atoms in total. The second-order valence-electron chi connectivity index (χ2n) is 8.12. The van der Waals surface area contributed by atoms with E-state index >= 15 is 0 Å². The summed E-state index contributed by atoms with van der Waals surface area (Å²) in [6.07, 6.45) is 4.12. The molecule has 2 rings (SSSR count). The Morgan fingerprint density at radius 2 is 1.58 bits per heavy atom. The SMILES string of the molecule is [2H]C([2H])([2H])c1ccc(-c2cc(C(C)(C)CC)c(C(C)(C)CC)cn2)c(C)c1. The molecule has 0 aliphatic heterocycles. The lowest BCUT2D eigenvalue weighted by Crippen LogP contribution is -2.26. The molecule has 1 heterocycles. The zero-order valence-electron chi connectivity index (χ0n) is 19.2. The van der Waals surface area contributed by atoms with Gasteiger partial charge < -0.3 is 0 Å². The minimum Gasteiger partial charge on any atom is -0.256 e. The van der Waals surface area contributed by atoms with Gasteiger partial charge in [-0.25, -0.2) is 0 Å². The molecule has 0 fully saturated rings. The number of rotatable bonds is 5. The fraction of sp³-hybridized carbons (Fsp3) is 0.522. The Morgan fingerprint density at radius 1 is 0.958 bits per heavy atom. The van der Waals surface area contributed by atoms with Gasteiger partial charge in [-0.05, 0) is 60.2 Å². The molecule has 0 saturated carbocycles. The standard InChI is InChI=1S/C23H33N/c1-9-22(5,6)19-14-21(18-12-11-16(3)13-17(18)4)24-15-20(19)23(7,8)10-2/h11-15H,9-10H2,1-8H3/i3D3. The Balaban J connectivity index is 2.65. The van der Waals surface area contributed by atoms with Crippen LogP contribution in [-0.2, 0) is 10.8 Å². The van der Waals surface area contributed by atoms with Gasteiger partial charge >= 0.3 is 0 Å². The molecule has 0 amide bonds. The Labute approximate surface area is 152 Å². The molecule has 130 valence electrons. The molecule has 0 aliphatic carbocycles. The molecule has 1 aromatic heterocycles. The van der Waals surface area contributed by atoms with Gasteiger partial charge in [-0.15, -0.1) is 0 Å². The fourth-order valence-corrected chi connectivity index (χ4v) is 3.03. The van der Waals surface area contributed by atoms with Crippen LogP contribution < -0.4 is 0 Å². The van der Waals surface area contributed by atoms with Crippen molar-refractivity contribution in [1.29, 1.82) is 0 Å². The summed E-state index contributed by atoms with van der Waals surface area (Å²) in [5.41, 5.74) is 5.98. The summed E-state index contributed by atoms with van der Waals surface area (Å²) >= 11 is 0. The average Bonchev–Trinajstić information content (AvgIpc) is 2.60. The maximum Gasteiger partial charge on any atom is 0.0707 e. The number of hydrogen-bond donors (Lipinski definition) is 0. The molecule has 0 atom stereocenters. The van der Waals surface area contributed by atoms with Crippen LogP contribution in [0.5, 0.6) is 0 Å². The lowest BCUT2D eigenvalue weighted by molar-refractivity contribution is 0.454. The quantitative estimate of drug-likeness (QED) is 0.593. The molecule has 2 aromatic rings. The lowest BCUT2D eigenvalue weighted by Gasteiger charge is -2.33. The minimum atomic E-state index is -2.08. The van der Waals surface area contributed by atoms with Crippen LogP contribution in [0, 0.1) is 13.8 Å². The average molecular weight is 327 g/mol. The van der Waals surface area contributed by atoms with Gasteiger partial charge in [-0.3, -0.25) is 4.98 Å². The summed E-state index contributed by atoms with van der Waals surface area (Å²) in [5.74, 6) is 0. The van der Waals surface area contributed by atoms with Gasteiger partial charge in [0.05, 0.1) is 5.69 Å². The van der Waals surface area contributed by atoms with Crippen molar-refractivity contribution in [1.82, 2.24) is 4.98 Å². The van der Waals surface area contributed by atoms with Gasteiger partial charge in [-0.2, -0.15) is 0 Å². The van der Waals surface area contributed by atoms with Crippen LogP contribution in [0.25, 0.3) is 11.3 Å². The third kappa shape index (κ3) is 3.55. The Bertz CT molecular complexity index is 817. The number of aromatic nitrogens is 1. The van der Waals surface area contributed by atoms with E-state index in [9.17, 15) is 0 Å². The van der Waals surface area contributed by atoms with E-state index in [0.717, 1.165) is 29.7 Å². The molecule has 1 aromatic carbocycles. The zero-order valence-corrected chi connectivity index (χ0v) is 16.2. The highest BCUT2D eigenvalue weighted by Crippen LogP contribution is 2.39. The van der Waals surface area contributed by atoms with Crippen LogP contribution in [0.1, 0.15) is 80.8 Å². The normalized spacial score (nSPS) is 14.9. The maximum absolute atomic E-state index is 7.62. The predicted octanol–water partition coefficient (Wildman–Crippen LogP) is 6.74. The second kappa shape index (κ2) is 6.70. The zero-order chi connectivity index (χ0) is 20.6. The van der Waals surface area contributed by atoms with Crippen LogP contribution in [0.3, 0.4) is 0 Å². The van der Waals surface area contributed by atoms with Crippen molar-refractivity contribution in [3.8, 4) is 11.3 Å². The lowest BCUT2D eigenvalue weighted by atomic mass is 9.72. The van der Waals surface area contributed by atoms with Crippen LogP contribution in [0.4, 0.5) is 0 Å². The van der Waals surface area contributed by atoms with Crippen molar-refractivity contribution in [2.24, 2.45) is 0 Å². The number of aryl methyl sites for hydroxylation is 2. The first-order chi connectivity index (χ1) is 12.3. The molecule has 0 bridgehead atoms. The first-order valence-electron chi connectivity index (χ1n) is 10.5. The van der Waals surface area contributed by atoms with Crippen molar-refractivity contribution < 1.29 is 4.11 Å². The van der Waals surface area contributed by atoms with E-state index in [1.54, 1.807) is 12.1 Å². The van der Waals surface area contributed by atoms with Crippen molar-refractivity contribution in [3.63, 3.8) is 0 Å². The van der Waals surface area contributed by atoms with Crippen LogP contribution in [0.15, 0.2) is 30.5 Å². The van der Waals surface area contributed by atoms with Gasteiger partial charge in [0.25, 0.3) is 0 Å². The molecule has 0 N–H and O–H groups in total. The molecular formula is C23H33N. The van der Waals surface area contributed by atoms with E-state index < -0.39 is 6.85 Å². The van der Waals surface area contributed by atoms with Gasteiger partial charge in [-0.1, -0.05) is 65.3 Å². The molecule has 0 spiro atoms. The van der Waals surface area contributed by atoms with E-state index in [4.69, 9.17) is 9.10 Å². The van der Waals surface area contributed by atoms with Crippen LogP contribution >= 0.6 is 0 Å². The third-order valence-corrected chi connectivity index (χ3v) is 5.63. The minimum absolute atomic E-state index is 0.0476. The second-order valence-corrected chi connectivity index (χ2v) is 8.12. The van der Waals surface area contributed by atoms with E-state index in [1.165, 1.54) is 11.1 Å². The third-order valence-electron chi connectivity index (χ3n) is 5.63. The molecule has 0 radical (unpaired) electrons. The maximum atomic E-state index is 7.62. The first kappa shape index (κ1) is 14.7. The topological polar surface area (TPSA) is 12.9 Å². The van der Waals surface area contributed by atoms with Crippen LogP contribution in [-0.4, -0.2) is 4.98 Å². The number of hydrogen-bond acceptors (Lipinski definition) is 1. The Hall–Kier alpha value is -1.63. The van der Waals surface area contributed by atoms with Gasteiger partial charge in [0, 0.05) is 15.9 Å². The summed E-state index contributed by atoms with van der Waals surface area (Å²) < 4.78 is 22.9. The summed E-state index contributed by atoms with van der Waals surface area (Å²) in [6.45, 7) is 13.4. The molecule has 24 heavy (non-hydrogen) atoms. The Morgan fingerprint density at radius 3 is 2.12 bits per heavy atom. The summed E-state index contributed by atoms with van der Waals surface area (Å²) in [5, 5.41) is 0. The monoisotopic (exact) mass is 326 g/mol. The molecule has 0 saturated heterocycles. The van der Waals surface area contributed by atoms with Crippen molar-refractivity contribution in [2.45, 2.75) is 79.0 Å². The van der Waals surface area contributed by atoms with Crippen molar-refractivity contribution in [2.75, 3.05) is 0 Å². The predicted molar refractivity (Wildman–Crippen MR) is 106 cm³/mol.